The van der Waals surface area contributed by atoms with Gasteiger partial charge in [-0.1, -0.05) is 0 Å². The molecule has 26 valence electrons. The fourth-order valence-electron chi connectivity index (χ4n) is 0. The summed E-state index contributed by atoms with van der Waals surface area (Å²) >= 11 is -0.556. The molecule has 0 amide bonds. The van der Waals surface area contributed by atoms with Crippen LogP contribution in [0.2, 0.25) is 0 Å². The van der Waals surface area contributed by atoms with Gasteiger partial charge < -0.3 is 5.48 Å². The van der Waals surface area contributed by atoms with Crippen molar-refractivity contribution in [3.63, 3.8) is 0 Å². The zero-order valence-corrected chi connectivity index (χ0v) is 4.83. The first-order valence-corrected chi connectivity index (χ1v) is 4.68. The summed E-state index contributed by atoms with van der Waals surface area (Å²) in [5, 5.41) is 0. The van der Waals surface area contributed by atoms with E-state index >= 15 is 0 Å². The molecule has 1 nitrogen and oxygen atoms in total. The molecular formula is H2Cl2OTi. The Kier molecular flexibility index (Phi) is 19.9. The normalized spacial score (nSPS) is 3.50. The van der Waals surface area contributed by atoms with E-state index < -0.39 is 17.0 Å². The van der Waals surface area contributed by atoms with Gasteiger partial charge >= 0.3 is 35.6 Å². The van der Waals surface area contributed by atoms with Crippen LogP contribution in [0, 0.1) is 0 Å². The maximum atomic E-state index is 4.89. The number of hydrogen-bond acceptors (Lipinski definition) is 0. The molecule has 0 aliphatic rings. The molecule has 0 aromatic carbocycles. The van der Waals surface area contributed by atoms with Crippen LogP contribution < -0.4 is 0 Å². The molecule has 4 heteroatoms. The average molecular weight is 137 g/mol. The SMILES string of the molecule is O.[Cl][Ti][Cl]. The van der Waals surface area contributed by atoms with Crippen molar-refractivity contribution in [3.05, 3.63) is 0 Å². The third-order valence-corrected chi connectivity index (χ3v) is 0. The molecule has 0 fully saturated rings. The first-order chi connectivity index (χ1) is 1.41. The van der Waals surface area contributed by atoms with Crippen molar-refractivity contribution >= 4 is 18.6 Å². The molecule has 0 spiro atoms. The van der Waals surface area contributed by atoms with Crippen LogP contribution in [0.15, 0.2) is 0 Å². The van der Waals surface area contributed by atoms with Gasteiger partial charge in [-0.25, -0.2) is 0 Å². The summed E-state index contributed by atoms with van der Waals surface area (Å²) in [6.45, 7) is 0. The molecule has 0 aromatic rings. The topological polar surface area (TPSA) is 31.5 Å². The third-order valence-electron chi connectivity index (χ3n) is 0. The van der Waals surface area contributed by atoms with E-state index in [0.717, 1.165) is 0 Å². The van der Waals surface area contributed by atoms with Gasteiger partial charge in [0, 0.05) is 0 Å². The fraction of sp³-hybridized carbons (Fsp3) is 0. The molecule has 0 unspecified atom stereocenters. The van der Waals surface area contributed by atoms with Crippen molar-refractivity contribution in [2.45, 2.75) is 0 Å². The Hall–Kier alpha value is 1.25. The quantitative estimate of drug-likeness (QED) is 0.436. The van der Waals surface area contributed by atoms with Crippen molar-refractivity contribution in [1.29, 1.82) is 0 Å². The molecular weight excluding hydrogens is 135 g/mol. The molecule has 0 radical (unpaired) electrons. The minimum atomic E-state index is -0.556. The summed E-state index contributed by atoms with van der Waals surface area (Å²) in [5.41, 5.74) is 0. The van der Waals surface area contributed by atoms with Gasteiger partial charge in [-0.05, 0) is 0 Å². The van der Waals surface area contributed by atoms with Gasteiger partial charge in [0.25, 0.3) is 0 Å². The van der Waals surface area contributed by atoms with E-state index in [2.05, 4.69) is 0 Å². The summed E-state index contributed by atoms with van der Waals surface area (Å²) in [6, 6.07) is 0. The Morgan fingerprint density at radius 1 is 1.25 bits per heavy atom. The van der Waals surface area contributed by atoms with Gasteiger partial charge in [-0.2, -0.15) is 0 Å². The third kappa shape index (κ3) is 10.5. The standard InChI is InChI=1S/2ClH.H2O.Ti/h2*1H;1H2;/q;;;+2/p-2. The second-order valence-electron chi connectivity index (χ2n) is 0.0714. The Morgan fingerprint density at radius 2 is 1.25 bits per heavy atom. The van der Waals surface area contributed by atoms with Crippen LogP contribution in [0.4, 0.5) is 0 Å². The molecule has 0 saturated carbocycles. The fourth-order valence-corrected chi connectivity index (χ4v) is 0. The zero-order chi connectivity index (χ0) is 2.71. The summed E-state index contributed by atoms with van der Waals surface area (Å²) in [7, 11) is 9.78. The van der Waals surface area contributed by atoms with E-state index in [1.807, 2.05) is 0 Å². The molecule has 0 atom stereocenters. The van der Waals surface area contributed by atoms with Crippen LogP contribution >= 0.6 is 18.6 Å². The Bertz CT molecular complexity index is 6.00. The van der Waals surface area contributed by atoms with Crippen molar-refractivity contribution < 1.29 is 22.5 Å². The van der Waals surface area contributed by atoms with Crippen LogP contribution in [0.5, 0.6) is 0 Å². The summed E-state index contributed by atoms with van der Waals surface area (Å²) in [5.74, 6) is 0. The van der Waals surface area contributed by atoms with E-state index in [1.165, 1.54) is 0 Å². The first-order valence-electron chi connectivity index (χ1n) is 0.378. The van der Waals surface area contributed by atoms with Gasteiger partial charge in [0.15, 0.2) is 0 Å². The van der Waals surface area contributed by atoms with Crippen LogP contribution in [0.3, 0.4) is 0 Å². The predicted molar refractivity (Wildman–Crippen MR) is 15.3 cm³/mol. The van der Waals surface area contributed by atoms with Crippen LogP contribution in [0.1, 0.15) is 0 Å². The molecule has 0 aliphatic heterocycles. The van der Waals surface area contributed by atoms with E-state index in [9.17, 15) is 0 Å². The van der Waals surface area contributed by atoms with Gasteiger partial charge in [-0.15, -0.1) is 0 Å². The summed E-state index contributed by atoms with van der Waals surface area (Å²) in [6.07, 6.45) is 0. The summed E-state index contributed by atoms with van der Waals surface area (Å²) in [4.78, 5) is 0. The van der Waals surface area contributed by atoms with Crippen molar-refractivity contribution in [1.82, 2.24) is 0 Å². The Balaban J connectivity index is 0. The van der Waals surface area contributed by atoms with Crippen molar-refractivity contribution in [3.8, 4) is 0 Å². The molecule has 0 aliphatic carbocycles. The molecule has 2 N–H and O–H groups in total. The average Bonchev–Trinajstić information content (AvgIpc) is 0.918. The number of halogens is 2. The van der Waals surface area contributed by atoms with Crippen molar-refractivity contribution in [2.24, 2.45) is 0 Å². The van der Waals surface area contributed by atoms with Crippen LogP contribution in [-0.4, -0.2) is 5.48 Å². The number of rotatable bonds is 0. The van der Waals surface area contributed by atoms with Gasteiger partial charge in [0.05, 0.1) is 0 Å². The monoisotopic (exact) mass is 136 g/mol. The van der Waals surface area contributed by atoms with Gasteiger partial charge in [-0.3, -0.25) is 0 Å². The first kappa shape index (κ1) is 8.98. The minimum absolute atomic E-state index is 0. The number of hydrogen-bond donors (Lipinski definition) is 0. The molecule has 0 bridgehead atoms. The van der Waals surface area contributed by atoms with Crippen LogP contribution in [0.25, 0.3) is 0 Å². The van der Waals surface area contributed by atoms with Crippen LogP contribution in [-0.2, 0) is 17.0 Å². The maximum absolute atomic E-state index is 4.89. The Labute approximate surface area is 41.3 Å². The van der Waals surface area contributed by atoms with E-state index in [4.69, 9.17) is 18.6 Å². The van der Waals surface area contributed by atoms with E-state index in [-0.39, 0.29) is 5.48 Å². The molecule has 4 heavy (non-hydrogen) atoms. The Morgan fingerprint density at radius 3 is 1.25 bits per heavy atom. The predicted octanol–water partition coefficient (Wildman–Crippen LogP) is 0.552. The second kappa shape index (κ2) is 8.87. The zero-order valence-electron chi connectivity index (χ0n) is 1.76. The van der Waals surface area contributed by atoms with Crippen molar-refractivity contribution in [2.75, 3.05) is 0 Å². The second-order valence-corrected chi connectivity index (χ2v) is 2.65. The van der Waals surface area contributed by atoms with Gasteiger partial charge in [0.2, 0.25) is 0 Å². The molecule has 0 rings (SSSR count). The molecule has 0 saturated heterocycles. The van der Waals surface area contributed by atoms with E-state index in [1.54, 1.807) is 0 Å². The summed E-state index contributed by atoms with van der Waals surface area (Å²) < 4.78 is 0. The molecule has 0 aromatic heterocycles. The molecule has 0 heterocycles. The van der Waals surface area contributed by atoms with Gasteiger partial charge in [0.1, 0.15) is 0 Å². The van der Waals surface area contributed by atoms with E-state index in [0.29, 0.717) is 0 Å².